The van der Waals surface area contributed by atoms with Gasteiger partial charge in [-0.15, -0.1) is 0 Å². The van der Waals surface area contributed by atoms with Gasteiger partial charge >= 0.3 is 0 Å². The Morgan fingerprint density at radius 3 is 2.38 bits per heavy atom. The fraction of sp³-hybridized carbons (Fsp3) is 0.571. The van der Waals surface area contributed by atoms with Crippen LogP contribution < -0.4 is 10.6 Å². The monoisotopic (exact) mass is 218 g/mol. The van der Waals surface area contributed by atoms with Crippen LogP contribution in [-0.4, -0.2) is 19.1 Å². The van der Waals surface area contributed by atoms with Crippen LogP contribution in [0.4, 0.5) is 5.69 Å². The molecule has 1 aromatic rings. The maximum absolute atomic E-state index is 5.95. The maximum Gasteiger partial charge on any atom is 0.0395 e. The lowest BCUT2D eigenvalue weighted by Gasteiger charge is -2.35. The fourth-order valence-electron chi connectivity index (χ4n) is 2.64. The molecule has 0 radical (unpaired) electrons. The van der Waals surface area contributed by atoms with Crippen LogP contribution in [0.1, 0.15) is 31.2 Å². The second-order valence-corrected chi connectivity index (χ2v) is 4.97. The van der Waals surface area contributed by atoms with Gasteiger partial charge in [0.2, 0.25) is 0 Å². The molecule has 2 nitrogen and oxygen atoms in total. The summed E-state index contributed by atoms with van der Waals surface area (Å²) < 4.78 is 0. The summed E-state index contributed by atoms with van der Waals surface area (Å²) in [6.45, 7) is 2.18. The van der Waals surface area contributed by atoms with Gasteiger partial charge in [-0.3, -0.25) is 0 Å². The largest absolute Gasteiger partial charge is 0.371 e. The molecule has 1 fully saturated rings. The average molecular weight is 218 g/mol. The van der Waals surface area contributed by atoms with Gasteiger partial charge in [-0.1, -0.05) is 18.2 Å². The molecule has 88 valence electrons. The molecule has 0 bridgehead atoms. The van der Waals surface area contributed by atoms with Crippen molar-refractivity contribution in [3.05, 3.63) is 29.8 Å². The Hall–Kier alpha value is -1.02. The number of nitrogens with two attached hydrogens (primary N) is 1. The molecule has 1 aliphatic rings. The lowest BCUT2D eigenvalue weighted by Crippen LogP contribution is -2.39. The number of rotatable bonds is 2. The summed E-state index contributed by atoms with van der Waals surface area (Å²) >= 11 is 0. The van der Waals surface area contributed by atoms with Crippen molar-refractivity contribution in [2.75, 3.05) is 11.9 Å². The van der Waals surface area contributed by atoms with Crippen molar-refractivity contribution >= 4 is 5.69 Å². The Balaban J connectivity index is 2.07. The molecule has 0 amide bonds. The lowest BCUT2D eigenvalue weighted by atomic mass is 9.90. The zero-order valence-corrected chi connectivity index (χ0v) is 10.3. The summed E-state index contributed by atoms with van der Waals surface area (Å²) in [5.74, 6) is 0. The van der Waals surface area contributed by atoms with Gasteiger partial charge in [0.15, 0.2) is 0 Å². The Morgan fingerprint density at radius 2 is 1.75 bits per heavy atom. The minimum Gasteiger partial charge on any atom is -0.371 e. The molecule has 0 atom stereocenters. The second-order valence-electron chi connectivity index (χ2n) is 4.97. The molecule has 0 spiro atoms. The van der Waals surface area contributed by atoms with E-state index in [9.17, 15) is 0 Å². The normalized spacial score (nSPS) is 25.4. The van der Waals surface area contributed by atoms with E-state index >= 15 is 0 Å². The molecule has 16 heavy (non-hydrogen) atoms. The molecule has 0 heterocycles. The summed E-state index contributed by atoms with van der Waals surface area (Å²) in [4.78, 5) is 2.43. The van der Waals surface area contributed by atoms with Gasteiger partial charge in [0.1, 0.15) is 0 Å². The zero-order valence-electron chi connectivity index (χ0n) is 10.3. The van der Waals surface area contributed by atoms with E-state index in [0.29, 0.717) is 12.1 Å². The smallest absolute Gasteiger partial charge is 0.0395 e. The van der Waals surface area contributed by atoms with Gasteiger partial charge in [-0.2, -0.15) is 0 Å². The van der Waals surface area contributed by atoms with Crippen molar-refractivity contribution in [2.24, 2.45) is 5.73 Å². The third kappa shape index (κ3) is 2.38. The minimum atomic E-state index is 0.432. The Labute approximate surface area is 98.4 Å². The van der Waals surface area contributed by atoms with E-state index in [2.05, 4.69) is 43.1 Å². The Bertz CT molecular complexity index is 340. The van der Waals surface area contributed by atoms with Crippen LogP contribution in [-0.2, 0) is 0 Å². The van der Waals surface area contributed by atoms with Crippen LogP contribution in [0.3, 0.4) is 0 Å². The molecule has 1 saturated carbocycles. The molecule has 0 aliphatic heterocycles. The Kier molecular flexibility index (Phi) is 3.49. The summed E-state index contributed by atoms with van der Waals surface area (Å²) in [5, 5.41) is 0. The summed E-state index contributed by atoms with van der Waals surface area (Å²) in [5.41, 5.74) is 8.67. The highest BCUT2D eigenvalue weighted by Gasteiger charge is 2.22. The number of para-hydroxylation sites is 1. The van der Waals surface area contributed by atoms with E-state index < -0.39 is 0 Å². The van der Waals surface area contributed by atoms with Crippen molar-refractivity contribution in [3.8, 4) is 0 Å². The zero-order chi connectivity index (χ0) is 11.5. The van der Waals surface area contributed by atoms with E-state index in [4.69, 9.17) is 5.73 Å². The predicted octanol–water partition coefficient (Wildman–Crippen LogP) is 2.70. The molecule has 0 unspecified atom stereocenters. The topological polar surface area (TPSA) is 29.3 Å². The molecule has 2 rings (SSSR count). The molecule has 2 N–H and O–H groups in total. The number of hydrogen-bond donors (Lipinski definition) is 1. The van der Waals surface area contributed by atoms with E-state index in [-0.39, 0.29) is 0 Å². The van der Waals surface area contributed by atoms with Crippen molar-refractivity contribution in [1.29, 1.82) is 0 Å². The number of anilines is 1. The molecule has 2 heteroatoms. The first-order chi connectivity index (χ1) is 7.68. The average Bonchev–Trinajstić information content (AvgIpc) is 2.30. The van der Waals surface area contributed by atoms with Gasteiger partial charge in [-0.05, 0) is 44.2 Å². The van der Waals surface area contributed by atoms with Gasteiger partial charge in [0.25, 0.3) is 0 Å². The summed E-state index contributed by atoms with van der Waals surface area (Å²) in [6, 6.07) is 9.71. The van der Waals surface area contributed by atoms with Crippen LogP contribution in [0.25, 0.3) is 0 Å². The Morgan fingerprint density at radius 1 is 1.12 bits per heavy atom. The number of nitrogens with zero attached hydrogens (tertiary/aromatic N) is 1. The minimum absolute atomic E-state index is 0.432. The van der Waals surface area contributed by atoms with Crippen LogP contribution in [0.15, 0.2) is 24.3 Å². The first kappa shape index (κ1) is 11.5. The molecule has 1 aliphatic carbocycles. The van der Waals surface area contributed by atoms with Gasteiger partial charge in [0.05, 0.1) is 0 Å². The number of hydrogen-bond acceptors (Lipinski definition) is 2. The SMILES string of the molecule is Cc1ccccc1N(C)C1CCC(N)CC1. The van der Waals surface area contributed by atoms with E-state index in [1.165, 1.54) is 36.9 Å². The van der Waals surface area contributed by atoms with Crippen molar-refractivity contribution in [1.82, 2.24) is 0 Å². The van der Waals surface area contributed by atoms with Crippen LogP contribution in [0.2, 0.25) is 0 Å². The maximum atomic E-state index is 5.95. The van der Waals surface area contributed by atoms with Crippen molar-refractivity contribution in [3.63, 3.8) is 0 Å². The van der Waals surface area contributed by atoms with E-state index in [1.807, 2.05) is 0 Å². The molecular weight excluding hydrogens is 196 g/mol. The molecule has 0 aromatic heterocycles. The standard InChI is InChI=1S/C14H22N2/c1-11-5-3-4-6-14(11)16(2)13-9-7-12(15)8-10-13/h3-6,12-13H,7-10,15H2,1-2H3. The molecule has 1 aromatic carbocycles. The second kappa shape index (κ2) is 4.88. The van der Waals surface area contributed by atoms with Gasteiger partial charge < -0.3 is 10.6 Å². The van der Waals surface area contributed by atoms with Crippen LogP contribution in [0, 0.1) is 6.92 Å². The summed E-state index contributed by atoms with van der Waals surface area (Å²) in [6.07, 6.45) is 4.79. The highest BCUT2D eigenvalue weighted by molar-refractivity contribution is 5.53. The fourth-order valence-corrected chi connectivity index (χ4v) is 2.64. The highest BCUT2D eigenvalue weighted by Crippen LogP contribution is 2.27. The number of aryl methyl sites for hydroxylation is 1. The molecular formula is C14H22N2. The number of benzene rings is 1. The summed E-state index contributed by atoms with van der Waals surface area (Å²) in [7, 11) is 2.21. The quantitative estimate of drug-likeness (QED) is 0.827. The van der Waals surface area contributed by atoms with E-state index in [1.54, 1.807) is 0 Å². The van der Waals surface area contributed by atoms with Crippen LogP contribution in [0.5, 0.6) is 0 Å². The first-order valence-electron chi connectivity index (χ1n) is 6.22. The third-order valence-corrected chi connectivity index (χ3v) is 3.78. The highest BCUT2D eigenvalue weighted by atomic mass is 15.1. The lowest BCUT2D eigenvalue weighted by molar-refractivity contribution is 0.385. The first-order valence-corrected chi connectivity index (χ1v) is 6.22. The van der Waals surface area contributed by atoms with Crippen molar-refractivity contribution < 1.29 is 0 Å². The van der Waals surface area contributed by atoms with Gasteiger partial charge in [-0.25, -0.2) is 0 Å². The third-order valence-electron chi connectivity index (χ3n) is 3.78. The van der Waals surface area contributed by atoms with Crippen LogP contribution >= 0.6 is 0 Å². The predicted molar refractivity (Wildman–Crippen MR) is 69.8 cm³/mol. The molecule has 0 saturated heterocycles. The van der Waals surface area contributed by atoms with E-state index in [0.717, 1.165) is 0 Å². The van der Waals surface area contributed by atoms with Gasteiger partial charge in [0, 0.05) is 24.8 Å². The van der Waals surface area contributed by atoms with Crippen molar-refractivity contribution in [2.45, 2.75) is 44.7 Å².